The van der Waals surface area contributed by atoms with Gasteiger partial charge in [-0.05, 0) is 49.2 Å². The molecule has 0 aliphatic carbocycles. The molecule has 2 heterocycles. The summed E-state index contributed by atoms with van der Waals surface area (Å²) in [5.74, 6) is -0.612. The molecule has 0 saturated heterocycles. The van der Waals surface area contributed by atoms with Gasteiger partial charge in [-0.25, -0.2) is 4.79 Å². The van der Waals surface area contributed by atoms with Gasteiger partial charge in [-0.2, -0.15) is 4.98 Å². The lowest BCUT2D eigenvalue weighted by Crippen LogP contribution is -2.12. The normalized spacial score (nSPS) is 10.8. The van der Waals surface area contributed by atoms with Crippen molar-refractivity contribution in [3.8, 4) is 11.8 Å². The summed E-state index contributed by atoms with van der Waals surface area (Å²) in [5.41, 5.74) is 1.88. The number of aryl methyl sites for hydroxylation is 2. The Morgan fingerprint density at radius 3 is 2.73 bits per heavy atom. The standard InChI is InChI=1S/C18H15Cl2N3O3/c1-10-5-6-21-8-15(10)26-18-22-11(2)16(17(24)25)23(18)9-12-7-13(19)3-4-14(12)20/h3-8H,9H2,1-2H3,(H,24,25). The Morgan fingerprint density at radius 2 is 2.04 bits per heavy atom. The molecular weight excluding hydrogens is 377 g/mol. The van der Waals surface area contributed by atoms with Gasteiger partial charge in [0.05, 0.1) is 18.4 Å². The highest BCUT2D eigenvalue weighted by molar-refractivity contribution is 6.33. The van der Waals surface area contributed by atoms with Crippen molar-refractivity contribution < 1.29 is 14.6 Å². The molecule has 0 aliphatic heterocycles. The van der Waals surface area contributed by atoms with Crippen molar-refractivity contribution in [2.75, 3.05) is 0 Å². The van der Waals surface area contributed by atoms with Crippen LogP contribution >= 0.6 is 23.2 Å². The van der Waals surface area contributed by atoms with E-state index < -0.39 is 5.97 Å². The number of rotatable bonds is 5. The summed E-state index contributed by atoms with van der Waals surface area (Å²) >= 11 is 12.3. The minimum Gasteiger partial charge on any atom is -0.477 e. The van der Waals surface area contributed by atoms with Crippen LogP contribution in [0.2, 0.25) is 10.0 Å². The molecule has 26 heavy (non-hydrogen) atoms. The zero-order valence-electron chi connectivity index (χ0n) is 14.0. The van der Waals surface area contributed by atoms with Crippen LogP contribution in [0.1, 0.15) is 27.3 Å². The maximum atomic E-state index is 11.7. The lowest BCUT2D eigenvalue weighted by Gasteiger charge is -2.13. The number of carboxylic acid groups (broad SMARTS) is 1. The van der Waals surface area contributed by atoms with Crippen molar-refractivity contribution in [1.29, 1.82) is 0 Å². The van der Waals surface area contributed by atoms with E-state index in [9.17, 15) is 9.90 Å². The predicted octanol–water partition coefficient (Wildman–Crippen LogP) is 4.74. The zero-order chi connectivity index (χ0) is 18.8. The van der Waals surface area contributed by atoms with Crippen LogP contribution in [0.4, 0.5) is 0 Å². The number of aromatic carboxylic acids is 1. The summed E-state index contributed by atoms with van der Waals surface area (Å²) in [6.45, 7) is 3.63. The number of hydrogen-bond acceptors (Lipinski definition) is 4. The van der Waals surface area contributed by atoms with Gasteiger partial charge in [-0.1, -0.05) is 23.2 Å². The van der Waals surface area contributed by atoms with Crippen molar-refractivity contribution in [2.24, 2.45) is 0 Å². The maximum Gasteiger partial charge on any atom is 0.354 e. The number of aromatic nitrogens is 3. The number of nitrogens with zero attached hydrogens (tertiary/aromatic N) is 3. The fourth-order valence-electron chi connectivity index (χ4n) is 2.53. The van der Waals surface area contributed by atoms with Crippen LogP contribution in [0.25, 0.3) is 0 Å². The molecule has 0 amide bonds. The molecule has 3 rings (SSSR count). The van der Waals surface area contributed by atoms with E-state index in [0.29, 0.717) is 27.1 Å². The third-order valence-electron chi connectivity index (χ3n) is 3.84. The van der Waals surface area contributed by atoms with Crippen molar-refractivity contribution >= 4 is 29.2 Å². The van der Waals surface area contributed by atoms with Gasteiger partial charge >= 0.3 is 12.0 Å². The summed E-state index contributed by atoms with van der Waals surface area (Å²) in [4.78, 5) is 20.0. The number of pyridine rings is 1. The van der Waals surface area contributed by atoms with Crippen molar-refractivity contribution in [3.63, 3.8) is 0 Å². The largest absolute Gasteiger partial charge is 0.477 e. The lowest BCUT2D eigenvalue weighted by atomic mass is 10.2. The first-order chi connectivity index (χ1) is 12.4. The van der Waals surface area contributed by atoms with Gasteiger partial charge in [0.15, 0.2) is 11.4 Å². The topological polar surface area (TPSA) is 77.2 Å². The van der Waals surface area contributed by atoms with Crippen LogP contribution < -0.4 is 4.74 Å². The third-order valence-corrected chi connectivity index (χ3v) is 4.44. The molecule has 1 N–H and O–H groups in total. The molecular formula is C18H15Cl2N3O3. The maximum absolute atomic E-state index is 11.7. The Hall–Kier alpha value is -2.57. The molecule has 0 radical (unpaired) electrons. The predicted molar refractivity (Wildman–Crippen MR) is 98.5 cm³/mol. The Bertz CT molecular complexity index is 986. The highest BCUT2D eigenvalue weighted by Gasteiger charge is 2.23. The summed E-state index contributed by atoms with van der Waals surface area (Å²) < 4.78 is 7.30. The SMILES string of the molecule is Cc1ccncc1Oc1nc(C)c(C(=O)O)n1Cc1cc(Cl)ccc1Cl. The molecule has 1 aromatic carbocycles. The summed E-state index contributed by atoms with van der Waals surface area (Å²) in [5, 5.41) is 10.6. The van der Waals surface area contributed by atoms with E-state index in [-0.39, 0.29) is 18.2 Å². The molecule has 0 saturated carbocycles. The average Bonchev–Trinajstić information content (AvgIpc) is 2.88. The van der Waals surface area contributed by atoms with Gasteiger partial charge in [0.2, 0.25) is 0 Å². The monoisotopic (exact) mass is 391 g/mol. The van der Waals surface area contributed by atoms with Gasteiger partial charge < -0.3 is 9.84 Å². The van der Waals surface area contributed by atoms with E-state index in [2.05, 4.69) is 9.97 Å². The van der Waals surface area contributed by atoms with Gasteiger partial charge in [0.25, 0.3) is 0 Å². The molecule has 0 atom stereocenters. The third kappa shape index (κ3) is 3.66. The Kier molecular flexibility index (Phi) is 5.15. The van der Waals surface area contributed by atoms with E-state index in [0.717, 1.165) is 5.56 Å². The van der Waals surface area contributed by atoms with E-state index >= 15 is 0 Å². The number of hydrogen-bond donors (Lipinski definition) is 1. The van der Waals surface area contributed by atoms with E-state index in [4.69, 9.17) is 27.9 Å². The zero-order valence-corrected chi connectivity index (χ0v) is 15.5. The van der Waals surface area contributed by atoms with Crippen LogP contribution in [0.5, 0.6) is 11.8 Å². The fourth-order valence-corrected chi connectivity index (χ4v) is 2.90. The van der Waals surface area contributed by atoms with E-state index in [1.807, 2.05) is 6.92 Å². The van der Waals surface area contributed by atoms with Crippen LogP contribution in [0.3, 0.4) is 0 Å². The first-order valence-electron chi connectivity index (χ1n) is 7.69. The first-order valence-corrected chi connectivity index (χ1v) is 8.45. The number of halogens is 2. The van der Waals surface area contributed by atoms with Crippen molar-refractivity contribution in [2.45, 2.75) is 20.4 Å². The van der Waals surface area contributed by atoms with Crippen LogP contribution in [-0.4, -0.2) is 25.6 Å². The average molecular weight is 392 g/mol. The Labute approximate surface area is 160 Å². The van der Waals surface area contributed by atoms with Crippen LogP contribution in [0.15, 0.2) is 36.7 Å². The van der Waals surface area contributed by atoms with Crippen molar-refractivity contribution in [1.82, 2.24) is 14.5 Å². The Balaban J connectivity index is 2.08. The smallest absolute Gasteiger partial charge is 0.354 e. The molecule has 2 aromatic heterocycles. The molecule has 0 bridgehead atoms. The molecule has 0 unspecified atom stereocenters. The summed E-state index contributed by atoms with van der Waals surface area (Å²) in [7, 11) is 0. The number of carboxylic acids is 1. The molecule has 0 fully saturated rings. The van der Waals surface area contributed by atoms with Crippen molar-refractivity contribution in [3.05, 3.63) is 69.2 Å². The highest BCUT2D eigenvalue weighted by atomic mass is 35.5. The second-order valence-corrected chi connectivity index (χ2v) is 6.54. The molecule has 3 aromatic rings. The van der Waals surface area contributed by atoms with Gasteiger partial charge in [0.1, 0.15) is 0 Å². The van der Waals surface area contributed by atoms with Gasteiger partial charge in [0, 0.05) is 16.2 Å². The first kappa shape index (κ1) is 18.2. The van der Waals surface area contributed by atoms with Crippen LogP contribution in [-0.2, 0) is 6.54 Å². The molecule has 6 nitrogen and oxygen atoms in total. The highest BCUT2D eigenvalue weighted by Crippen LogP contribution is 2.29. The lowest BCUT2D eigenvalue weighted by molar-refractivity contribution is 0.0683. The molecule has 8 heteroatoms. The molecule has 134 valence electrons. The minimum absolute atomic E-state index is 0.0255. The summed E-state index contributed by atoms with van der Waals surface area (Å²) in [6.07, 6.45) is 3.20. The fraction of sp³-hybridized carbons (Fsp3) is 0.167. The Morgan fingerprint density at radius 1 is 1.27 bits per heavy atom. The second kappa shape index (κ2) is 7.35. The van der Waals surface area contributed by atoms with E-state index in [1.54, 1.807) is 43.6 Å². The van der Waals surface area contributed by atoms with E-state index in [1.165, 1.54) is 4.57 Å². The number of benzene rings is 1. The van der Waals surface area contributed by atoms with Gasteiger partial charge in [-0.15, -0.1) is 0 Å². The quantitative estimate of drug-likeness (QED) is 0.679. The molecule has 0 spiro atoms. The van der Waals surface area contributed by atoms with Crippen LogP contribution in [0, 0.1) is 13.8 Å². The molecule has 0 aliphatic rings. The minimum atomic E-state index is -1.11. The number of imidazole rings is 1. The second-order valence-electron chi connectivity index (χ2n) is 5.70. The van der Waals surface area contributed by atoms with Gasteiger partial charge in [-0.3, -0.25) is 9.55 Å². The summed E-state index contributed by atoms with van der Waals surface area (Å²) in [6, 6.07) is 6.95. The number of ether oxygens (including phenoxy) is 1. The number of carbonyl (C=O) groups is 1.